The summed E-state index contributed by atoms with van der Waals surface area (Å²) in [4.78, 5) is 2.79. The van der Waals surface area contributed by atoms with Crippen LogP contribution in [-0.2, 0) is 0 Å². The Kier molecular flexibility index (Phi) is 5.50. The van der Waals surface area contributed by atoms with Gasteiger partial charge in [0.05, 0.1) is 0 Å². The topological polar surface area (TPSA) is 15.3 Å². The summed E-state index contributed by atoms with van der Waals surface area (Å²) in [6.07, 6.45) is 7.11. The number of piperidine rings is 1. The fourth-order valence-corrected chi connectivity index (χ4v) is 4.10. The van der Waals surface area contributed by atoms with Crippen molar-refractivity contribution in [3.63, 3.8) is 0 Å². The maximum atomic E-state index is 3.56. The minimum absolute atomic E-state index is 0.855. The van der Waals surface area contributed by atoms with E-state index in [-0.39, 0.29) is 0 Å². The van der Waals surface area contributed by atoms with Gasteiger partial charge in [-0.2, -0.15) is 0 Å². The van der Waals surface area contributed by atoms with E-state index < -0.39 is 0 Å². The Morgan fingerprint density at radius 1 is 1.17 bits per heavy atom. The molecule has 1 N–H and O–H groups in total. The Labute approximate surface area is 114 Å². The molecule has 1 saturated heterocycles. The molecule has 1 saturated carbocycles. The van der Waals surface area contributed by atoms with Crippen molar-refractivity contribution in [1.29, 1.82) is 0 Å². The summed E-state index contributed by atoms with van der Waals surface area (Å²) in [5, 5.41) is 3.56. The lowest BCUT2D eigenvalue weighted by Gasteiger charge is -2.42. The quantitative estimate of drug-likeness (QED) is 0.827. The summed E-state index contributed by atoms with van der Waals surface area (Å²) in [5.41, 5.74) is 0. The van der Waals surface area contributed by atoms with Crippen LogP contribution in [0.15, 0.2) is 0 Å². The van der Waals surface area contributed by atoms with Crippen LogP contribution in [0, 0.1) is 17.8 Å². The molecule has 0 spiro atoms. The van der Waals surface area contributed by atoms with Crippen molar-refractivity contribution in [2.45, 2.75) is 58.9 Å². The van der Waals surface area contributed by atoms with Gasteiger partial charge in [0.15, 0.2) is 0 Å². The van der Waals surface area contributed by atoms with E-state index in [2.05, 4.69) is 31.0 Å². The molecule has 2 heteroatoms. The van der Waals surface area contributed by atoms with Gasteiger partial charge in [-0.25, -0.2) is 0 Å². The van der Waals surface area contributed by atoms with E-state index in [1.54, 1.807) is 0 Å². The molecule has 2 fully saturated rings. The average Bonchev–Trinajstić information content (AvgIpc) is 2.38. The monoisotopic (exact) mass is 252 g/mol. The van der Waals surface area contributed by atoms with Gasteiger partial charge in [-0.1, -0.05) is 20.8 Å². The highest BCUT2D eigenvalue weighted by Crippen LogP contribution is 2.32. The number of rotatable bonds is 4. The van der Waals surface area contributed by atoms with Crippen molar-refractivity contribution < 1.29 is 0 Å². The second-order valence-corrected chi connectivity index (χ2v) is 6.76. The Morgan fingerprint density at radius 2 is 2.00 bits per heavy atom. The molecule has 18 heavy (non-hydrogen) atoms. The molecule has 0 radical (unpaired) electrons. The van der Waals surface area contributed by atoms with Gasteiger partial charge in [0.1, 0.15) is 0 Å². The Bertz CT molecular complexity index is 235. The SMILES string of the molecule is CCN(CC1CCCNC1)C1CCC(C)CC1C. The highest BCUT2D eigenvalue weighted by atomic mass is 15.2. The fraction of sp³-hybridized carbons (Fsp3) is 1.00. The number of hydrogen-bond donors (Lipinski definition) is 1. The lowest BCUT2D eigenvalue weighted by Crippen LogP contribution is -2.47. The molecule has 0 aromatic heterocycles. The number of hydrogen-bond acceptors (Lipinski definition) is 2. The van der Waals surface area contributed by atoms with Gasteiger partial charge in [0.25, 0.3) is 0 Å². The standard InChI is InChI=1S/C16H32N2/c1-4-18(12-15-6-5-9-17-11-15)16-8-7-13(2)10-14(16)3/h13-17H,4-12H2,1-3H3. The van der Waals surface area contributed by atoms with E-state index in [0.29, 0.717) is 0 Å². The van der Waals surface area contributed by atoms with E-state index in [1.165, 1.54) is 58.3 Å². The van der Waals surface area contributed by atoms with Crippen molar-refractivity contribution in [3.05, 3.63) is 0 Å². The molecule has 1 aliphatic heterocycles. The van der Waals surface area contributed by atoms with Crippen LogP contribution in [0.4, 0.5) is 0 Å². The molecular formula is C16H32N2. The largest absolute Gasteiger partial charge is 0.316 e. The van der Waals surface area contributed by atoms with E-state index in [4.69, 9.17) is 0 Å². The van der Waals surface area contributed by atoms with Crippen LogP contribution in [0.25, 0.3) is 0 Å². The number of nitrogens with one attached hydrogen (secondary N) is 1. The van der Waals surface area contributed by atoms with Gasteiger partial charge in [-0.3, -0.25) is 0 Å². The van der Waals surface area contributed by atoms with Crippen molar-refractivity contribution in [2.24, 2.45) is 17.8 Å². The molecule has 2 nitrogen and oxygen atoms in total. The zero-order chi connectivity index (χ0) is 13.0. The molecule has 0 bridgehead atoms. The fourth-order valence-electron chi connectivity index (χ4n) is 4.10. The number of nitrogens with zero attached hydrogens (tertiary/aromatic N) is 1. The van der Waals surface area contributed by atoms with Crippen LogP contribution in [0.1, 0.15) is 52.9 Å². The molecule has 0 aromatic rings. The van der Waals surface area contributed by atoms with E-state index in [1.807, 2.05) is 0 Å². The zero-order valence-corrected chi connectivity index (χ0v) is 12.6. The van der Waals surface area contributed by atoms with E-state index >= 15 is 0 Å². The van der Waals surface area contributed by atoms with Crippen LogP contribution in [-0.4, -0.2) is 37.1 Å². The first-order valence-electron chi connectivity index (χ1n) is 8.15. The first-order chi connectivity index (χ1) is 8.70. The summed E-state index contributed by atoms with van der Waals surface area (Å²) < 4.78 is 0. The molecule has 106 valence electrons. The molecule has 4 unspecified atom stereocenters. The van der Waals surface area contributed by atoms with Crippen LogP contribution in [0.5, 0.6) is 0 Å². The third kappa shape index (κ3) is 3.71. The molecule has 0 amide bonds. The highest BCUT2D eigenvalue weighted by molar-refractivity contribution is 4.85. The summed E-state index contributed by atoms with van der Waals surface area (Å²) in [6.45, 7) is 12.3. The summed E-state index contributed by atoms with van der Waals surface area (Å²) in [6, 6.07) is 0.855. The Balaban J connectivity index is 1.86. The smallest absolute Gasteiger partial charge is 0.0121 e. The van der Waals surface area contributed by atoms with Gasteiger partial charge in [-0.15, -0.1) is 0 Å². The van der Waals surface area contributed by atoms with Gasteiger partial charge in [-0.05, 0) is 69.5 Å². The maximum Gasteiger partial charge on any atom is 0.0121 e. The lowest BCUT2D eigenvalue weighted by atomic mass is 9.79. The van der Waals surface area contributed by atoms with Gasteiger partial charge in [0.2, 0.25) is 0 Å². The maximum absolute atomic E-state index is 3.56. The van der Waals surface area contributed by atoms with Crippen molar-refractivity contribution in [3.8, 4) is 0 Å². The first-order valence-corrected chi connectivity index (χ1v) is 8.15. The van der Waals surface area contributed by atoms with Crippen molar-refractivity contribution >= 4 is 0 Å². The molecule has 0 aromatic carbocycles. The van der Waals surface area contributed by atoms with Crippen molar-refractivity contribution in [1.82, 2.24) is 10.2 Å². The minimum atomic E-state index is 0.855. The molecular weight excluding hydrogens is 220 g/mol. The van der Waals surface area contributed by atoms with Crippen LogP contribution in [0.2, 0.25) is 0 Å². The normalized spacial score (nSPS) is 38.0. The van der Waals surface area contributed by atoms with Crippen molar-refractivity contribution in [2.75, 3.05) is 26.2 Å². The van der Waals surface area contributed by atoms with Crippen LogP contribution in [0.3, 0.4) is 0 Å². The summed E-state index contributed by atoms with van der Waals surface area (Å²) in [5.74, 6) is 2.74. The second-order valence-electron chi connectivity index (χ2n) is 6.76. The minimum Gasteiger partial charge on any atom is -0.316 e. The second kappa shape index (κ2) is 6.91. The molecule has 2 rings (SSSR count). The summed E-state index contributed by atoms with van der Waals surface area (Å²) >= 11 is 0. The van der Waals surface area contributed by atoms with Crippen LogP contribution < -0.4 is 5.32 Å². The molecule has 1 aliphatic carbocycles. The Morgan fingerprint density at radius 3 is 2.61 bits per heavy atom. The Hall–Kier alpha value is -0.0800. The average molecular weight is 252 g/mol. The molecule has 4 atom stereocenters. The highest BCUT2D eigenvalue weighted by Gasteiger charge is 2.30. The summed E-state index contributed by atoms with van der Waals surface area (Å²) in [7, 11) is 0. The predicted octanol–water partition coefficient (Wildman–Crippen LogP) is 3.13. The zero-order valence-electron chi connectivity index (χ0n) is 12.6. The lowest BCUT2D eigenvalue weighted by molar-refractivity contribution is 0.0789. The van der Waals surface area contributed by atoms with Gasteiger partial charge in [0, 0.05) is 12.6 Å². The van der Waals surface area contributed by atoms with E-state index in [9.17, 15) is 0 Å². The third-order valence-electron chi connectivity index (χ3n) is 5.15. The van der Waals surface area contributed by atoms with Crippen LogP contribution >= 0.6 is 0 Å². The first kappa shape index (κ1) is 14.3. The predicted molar refractivity (Wildman–Crippen MR) is 78.8 cm³/mol. The van der Waals surface area contributed by atoms with E-state index in [0.717, 1.165) is 23.8 Å². The molecule has 1 heterocycles. The van der Waals surface area contributed by atoms with Gasteiger partial charge >= 0.3 is 0 Å². The third-order valence-corrected chi connectivity index (χ3v) is 5.15. The molecule has 2 aliphatic rings. The van der Waals surface area contributed by atoms with Gasteiger partial charge < -0.3 is 10.2 Å².